The second-order valence-electron chi connectivity index (χ2n) is 5.55. The van der Waals surface area contributed by atoms with Crippen LogP contribution in [0.3, 0.4) is 0 Å². The van der Waals surface area contributed by atoms with Crippen molar-refractivity contribution in [3.8, 4) is 0 Å². The summed E-state index contributed by atoms with van der Waals surface area (Å²) in [5.41, 5.74) is 5.38. The van der Waals surface area contributed by atoms with Gasteiger partial charge in [0, 0.05) is 5.56 Å². The first kappa shape index (κ1) is 13.1. The molecule has 2 aromatic carbocycles. The molecule has 102 valence electrons. The number of epoxide rings is 1. The highest BCUT2D eigenvalue weighted by Crippen LogP contribution is 2.40. The fourth-order valence-corrected chi connectivity index (χ4v) is 2.38. The number of rotatable bonds is 3. The Labute approximate surface area is 119 Å². The predicted molar refractivity (Wildman–Crippen MR) is 79.0 cm³/mol. The van der Waals surface area contributed by atoms with Crippen LogP contribution in [0, 0.1) is 20.8 Å². The van der Waals surface area contributed by atoms with E-state index < -0.39 is 0 Å². The Balaban J connectivity index is 1.77. The first-order valence-electron chi connectivity index (χ1n) is 6.90. The molecule has 1 aliphatic rings. The van der Waals surface area contributed by atoms with Crippen LogP contribution in [0.5, 0.6) is 0 Å². The number of aryl methyl sites for hydroxylation is 3. The number of benzene rings is 2. The SMILES string of the molecule is Cc1ccc(C2OC2C(=O)c2ccc(C)c(C)c2)cc1. The molecule has 0 aromatic heterocycles. The van der Waals surface area contributed by atoms with E-state index in [-0.39, 0.29) is 18.0 Å². The maximum atomic E-state index is 12.4. The van der Waals surface area contributed by atoms with Gasteiger partial charge in [0.2, 0.25) is 0 Å². The van der Waals surface area contributed by atoms with Crippen molar-refractivity contribution in [3.05, 3.63) is 70.3 Å². The van der Waals surface area contributed by atoms with Crippen LogP contribution in [0.15, 0.2) is 42.5 Å². The summed E-state index contributed by atoms with van der Waals surface area (Å²) < 4.78 is 5.58. The van der Waals surface area contributed by atoms with Crippen molar-refractivity contribution in [1.29, 1.82) is 0 Å². The maximum Gasteiger partial charge on any atom is 0.194 e. The third-order valence-corrected chi connectivity index (χ3v) is 3.95. The van der Waals surface area contributed by atoms with E-state index in [0.717, 1.165) is 16.7 Å². The Bertz CT molecular complexity index is 656. The number of carbonyl (C=O) groups is 1. The zero-order chi connectivity index (χ0) is 14.3. The van der Waals surface area contributed by atoms with Crippen LogP contribution in [-0.2, 0) is 4.74 Å². The third kappa shape index (κ3) is 2.39. The first-order valence-corrected chi connectivity index (χ1v) is 6.90. The molecule has 2 atom stereocenters. The molecule has 2 aromatic rings. The van der Waals surface area contributed by atoms with Gasteiger partial charge >= 0.3 is 0 Å². The van der Waals surface area contributed by atoms with E-state index in [2.05, 4.69) is 19.1 Å². The van der Waals surface area contributed by atoms with Crippen molar-refractivity contribution >= 4 is 5.78 Å². The molecule has 2 heteroatoms. The molecule has 2 unspecified atom stereocenters. The number of Topliss-reactive ketones (excluding diaryl/α,β-unsaturated/α-hetero) is 1. The van der Waals surface area contributed by atoms with Crippen LogP contribution in [0.25, 0.3) is 0 Å². The van der Waals surface area contributed by atoms with Gasteiger partial charge in [-0.05, 0) is 43.5 Å². The molecule has 0 N–H and O–H groups in total. The highest BCUT2D eigenvalue weighted by atomic mass is 16.6. The lowest BCUT2D eigenvalue weighted by Crippen LogP contribution is -2.08. The topological polar surface area (TPSA) is 29.6 Å². The summed E-state index contributed by atoms with van der Waals surface area (Å²) in [7, 11) is 0. The van der Waals surface area contributed by atoms with E-state index in [1.165, 1.54) is 11.1 Å². The number of ether oxygens (including phenoxy) is 1. The summed E-state index contributed by atoms with van der Waals surface area (Å²) in [6.07, 6.45) is -0.399. The molecular weight excluding hydrogens is 248 g/mol. The Morgan fingerprint density at radius 2 is 1.65 bits per heavy atom. The highest BCUT2D eigenvalue weighted by Gasteiger charge is 2.46. The van der Waals surface area contributed by atoms with Crippen LogP contribution < -0.4 is 0 Å². The second-order valence-corrected chi connectivity index (χ2v) is 5.55. The van der Waals surface area contributed by atoms with E-state index >= 15 is 0 Å². The minimum Gasteiger partial charge on any atom is -0.356 e. The lowest BCUT2D eigenvalue weighted by Gasteiger charge is -2.03. The molecular formula is C18H18O2. The van der Waals surface area contributed by atoms with Crippen molar-refractivity contribution in [1.82, 2.24) is 0 Å². The van der Waals surface area contributed by atoms with E-state index in [1.807, 2.05) is 44.2 Å². The monoisotopic (exact) mass is 266 g/mol. The molecule has 0 aliphatic carbocycles. The van der Waals surface area contributed by atoms with Crippen LogP contribution in [0.4, 0.5) is 0 Å². The van der Waals surface area contributed by atoms with Crippen LogP contribution in [-0.4, -0.2) is 11.9 Å². The molecule has 0 amide bonds. The molecule has 0 spiro atoms. The molecule has 3 rings (SSSR count). The summed E-state index contributed by atoms with van der Waals surface area (Å²) in [6, 6.07) is 14.0. The zero-order valence-electron chi connectivity index (χ0n) is 12.0. The van der Waals surface area contributed by atoms with Crippen molar-refractivity contribution in [2.75, 3.05) is 0 Å². The molecule has 2 nitrogen and oxygen atoms in total. The van der Waals surface area contributed by atoms with Crippen molar-refractivity contribution in [2.45, 2.75) is 33.0 Å². The average molecular weight is 266 g/mol. The quantitative estimate of drug-likeness (QED) is 0.622. The van der Waals surface area contributed by atoms with Gasteiger partial charge in [0.1, 0.15) is 6.10 Å². The normalized spacial score (nSPS) is 20.8. The van der Waals surface area contributed by atoms with Gasteiger partial charge in [0.05, 0.1) is 0 Å². The maximum absolute atomic E-state index is 12.4. The smallest absolute Gasteiger partial charge is 0.194 e. The molecule has 0 saturated carbocycles. The minimum absolute atomic E-state index is 0.0790. The van der Waals surface area contributed by atoms with Gasteiger partial charge in [0.15, 0.2) is 11.9 Å². The number of hydrogen-bond acceptors (Lipinski definition) is 2. The van der Waals surface area contributed by atoms with Crippen LogP contribution >= 0.6 is 0 Å². The van der Waals surface area contributed by atoms with Crippen molar-refractivity contribution < 1.29 is 9.53 Å². The lowest BCUT2D eigenvalue weighted by molar-refractivity contribution is 0.0953. The molecule has 1 saturated heterocycles. The third-order valence-electron chi connectivity index (χ3n) is 3.95. The van der Waals surface area contributed by atoms with Gasteiger partial charge in [-0.3, -0.25) is 4.79 Å². The molecule has 1 heterocycles. The fraction of sp³-hybridized carbons (Fsp3) is 0.278. The van der Waals surface area contributed by atoms with Gasteiger partial charge in [0.25, 0.3) is 0 Å². The number of ketones is 1. The molecule has 0 radical (unpaired) electrons. The summed E-state index contributed by atoms with van der Waals surface area (Å²) in [5.74, 6) is 0.0821. The van der Waals surface area contributed by atoms with Crippen LogP contribution in [0.1, 0.15) is 38.7 Å². The van der Waals surface area contributed by atoms with Gasteiger partial charge < -0.3 is 4.74 Å². The summed E-state index contributed by atoms with van der Waals surface area (Å²) in [6.45, 7) is 6.12. The first-order chi connectivity index (χ1) is 9.56. The minimum atomic E-state index is -0.320. The Kier molecular flexibility index (Phi) is 3.19. The summed E-state index contributed by atoms with van der Waals surface area (Å²) >= 11 is 0. The standard InChI is InChI=1S/C18H18O2/c1-11-4-7-14(8-5-11)17-18(20-17)16(19)15-9-6-12(2)13(3)10-15/h4-10,17-18H,1-3H3. The van der Waals surface area contributed by atoms with Crippen LogP contribution in [0.2, 0.25) is 0 Å². The summed E-state index contributed by atoms with van der Waals surface area (Å²) in [4.78, 5) is 12.4. The predicted octanol–water partition coefficient (Wildman–Crippen LogP) is 3.93. The van der Waals surface area contributed by atoms with Gasteiger partial charge in [-0.15, -0.1) is 0 Å². The zero-order valence-corrected chi connectivity index (χ0v) is 12.0. The molecule has 20 heavy (non-hydrogen) atoms. The van der Waals surface area contributed by atoms with E-state index in [9.17, 15) is 4.79 Å². The molecule has 0 bridgehead atoms. The molecule has 1 fully saturated rings. The molecule has 1 aliphatic heterocycles. The average Bonchev–Trinajstić information content (AvgIpc) is 3.22. The Hall–Kier alpha value is -1.93. The fourth-order valence-electron chi connectivity index (χ4n) is 2.38. The largest absolute Gasteiger partial charge is 0.356 e. The second kappa shape index (κ2) is 4.88. The van der Waals surface area contributed by atoms with Gasteiger partial charge in [-0.1, -0.05) is 42.0 Å². The van der Waals surface area contributed by atoms with E-state index in [1.54, 1.807) is 0 Å². The lowest BCUT2D eigenvalue weighted by atomic mass is 9.99. The number of carbonyl (C=O) groups excluding carboxylic acids is 1. The van der Waals surface area contributed by atoms with Gasteiger partial charge in [-0.25, -0.2) is 0 Å². The van der Waals surface area contributed by atoms with E-state index in [0.29, 0.717) is 0 Å². The van der Waals surface area contributed by atoms with E-state index in [4.69, 9.17) is 4.74 Å². The summed E-state index contributed by atoms with van der Waals surface area (Å²) in [5, 5.41) is 0. The Morgan fingerprint density at radius 3 is 2.30 bits per heavy atom. The number of hydrogen-bond donors (Lipinski definition) is 0. The van der Waals surface area contributed by atoms with Gasteiger partial charge in [-0.2, -0.15) is 0 Å². The highest BCUT2D eigenvalue weighted by molar-refractivity contribution is 6.01. The Morgan fingerprint density at radius 1 is 0.950 bits per heavy atom. The van der Waals surface area contributed by atoms with Crippen molar-refractivity contribution in [3.63, 3.8) is 0 Å². The van der Waals surface area contributed by atoms with Crippen molar-refractivity contribution in [2.24, 2.45) is 0 Å².